The van der Waals surface area contributed by atoms with Crippen LogP contribution >= 0.6 is 0 Å². The van der Waals surface area contributed by atoms with Crippen molar-refractivity contribution in [3.63, 3.8) is 0 Å². The molecule has 16 aromatic carbocycles. The molecule has 0 bridgehead atoms. The average Bonchev–Trinajstić information content (AvgIpc) is 1.55. The van der Waals surface area contributed by atoms with Crippen LogP contribution in [0.4, 0.5) is 0 Å². The van der Waals surface area contributed by atoms with Gasteiger partial charge in [0.15, 0.2) is 23.3 Å². The number of rotatable bonds is 12. The Kier molecular flexibility index (Phi) is 19.9. The molecule has 0 saturated carbocycles. The van der Waals surface area contributed by atoms with E-state index in [0.717, 1.165) is 133 Å². The van der Waals surface area contributed by atoms with Gasteiger partial charge in [0.2, 0.25) is 11.9 Å². The third-order valence-electron chi connectivity index (χ3n) is 26.1. The highest BCUT2D eigenvalue weighted by Gasteiger charge is 2.39. The first-order valence-electron chi connectivity index (χ1n) is 43.4. The van der Waals surface area contributed by atoms with Crippen molar-refractivity contribution in [1.82, 2.24) is 39.0 Å². The van der Waals surface area contributed by atoms with Gasteiger partial charge in [-0.05, 0) is 190 Å². The number of hydrogen-bond donors (Lipinski definition) is 0. The highest BCUT2D eigenvalue weighted by atomic mass is 15.2. The summed E-state index contributed by atoms with van der Waals surface area (Å²) in [5.74, 6) is 25.8. The maximum atomic E-state index is 6.18. The molecule has 0 spiro atoms. The molecule has 0 radical (unpaired) electrons. The molecule has 0 aliphatic heterocycles. The van der Waals surface area contributed by atoms with Gasteiger partial charge in [0, 0.05) is 99.1 Å². The van der Waals surface area contributed by atoms with Crippen LogP contribution < -0.4 is 0 Å². The van der Waals surface area contributed by atoms with Gasteiger partial charge in [-0.15, -0.1) is 51.4 Å². The van der Waals surface area contributed by atoms with E-state index < -0.39 is 0 Å². The maximum absolute atomic E-state index is 6.18. The van der Waals surface area contributed by atoms with E-state index in [4.69, 9.17) is 81.3 Å². The molecule has 4 aromatic heterocycles. The van der Waals surface area contributed by atoms with Gasteiger partial charge in [0.1, 0.15) is 0 Å². The van der Waals surface area contributed by atoms with E-state index in [-0.39, 0.29) is 10.8 Å². The van der Waals surface area contributed by atoms with E-state index in [1.54, 1.807) is 0 Å². The lowest BCUT2D eigenvalue weighted by Crippen LogP contribution is -2.15. The van der Waals surface area contributed by atoms with Crippen LogP contribution in [0.25, 0.3) is 190 Å². The minimum atomic E-state index is -0.193. The van der Waals surface area contributed by atoms with Crippen LogP contribution in [-0.4, -0.2) is 39.0 Å². The highest BCUT2D eigenvalue weighted by molar-refractivity contribution is 6.13. The van der Waals surface area contributed by atoms with Crippen LogP contribution in [0, 0.1) is 98.8 Å². The third kappa shape index (κ3) is 13.4. The molecule has 0 fully saturated rings. The summed E-state index contributed by atoms with van der Waals surface area (Å²) in [5.41, 5.74) is 33.2. The minimum Gasteiger partial charge on any atom is -0.278 e. The van der Waals surface area contributed by atoms with Gasteiger partial charge in [-0.3, -0.25) is 9.13 Å². The molecule has 2 aliphatic carbocycles. The monoisotopic (exact) mass is 1680 g/mol. The summed E-state index contributed by atoms with van der Waals surface area (Å²) >= 11 is 0. The van der Waals surface area contributed by atoms with Gasteiger partial charge in [0.05, 0.1) is 22.1 Å². The Morgan fingerprint density at radius 2 is 0.500 bits per heavy atom. The van der Waals surface area contributed by atoms with E-state index in [1.165, 1.54) is 44.5 Å². The summed E-state index contributed by atoms with van der Waals surface area (Å²) in [6.45, 7) is 9.23. The molecule has 4 heterocycles. The fourth-order valence-corrected chi connectivity index (χ4v) is 19.6. The zero-order chi connectivity index (χ0) is 90.2. The molecular weight excluding hydrogens is 1600 g/mol. The third-order valence-corrected chi connectivity index (χ3v) is 26.1. The van der Waals surface area contributed by atoms with E-state index in [1.807, 2.05) is 146 Å². The SMILES string of the molecule is C#Cc1cccc(-c2ccc(-c3ccc(-c4nc(-c5ccccc5)nc(-n5c6ccccc6c6cc7c(cc65)C(C)(C)c5ccccc5-7)n4)cc3)cc2-c2cccc(C#C)c2C#C)c1C#C.C#Cc1cccc(-c2ccc(-c3cccc(-c4nc(-c5ccccc5)nc(-n5c6ccccc6c6cc7c(cc65)C(C)(C)c5ccccc5-7)n4)c3)cc2-c2cccc(C#C)c2C#C)c1C#C. The Balaban J connectivity index is 0.000000159. The fourth-order valence-electron chi connectivity index (χ4n) is 19.6. The molecule has 132 heavy (non-hydrogen) atoms. The first-order chi connectivity index (χ1) is 64.6. The number of para-hydroxylation sites is 2. The quantitative estimate of drug-likeness (QED) is 0.113. The largest absolute Gasteiger partial charge is 0.278 e. The van der Waals surface area contributed by atoms with Crippen LogP contribution in [0.3, 0.4) is 0 Å². The normalized spacial score (nSPS) is 12.2. The van der Waals surface area contributed by atoms with E-state index in [9.17, 15) is 0 Å². The summed E-state index contributed by atoms with van der Waals surface area (Å²) in [6.07, 6.45) is 48.3. The molecule has 0 saturated heterocycles. The van der Waals surface area contributed by atoms with Crippen molar-refractivity contribution in [2.24, 2.45) is 0 Å². The van der Waals surface area contributed by atoms with Gasteiger partial charge in [-0.2, -0.15) is 19.9 Å². The van der Waals surface area contributed by atoms with Crippen LogP contribution in [0.2, 0.25) is 0 Å². The second-order valence-corrected chi connectivity index (χ2v) is 33.9. The molecule has 0 N–H and O–H groups in total. The molecule has 0 unspecified atom stereocenters. The Hall–Kier alpha value is -18.4. The molecule has 0 amide bonds. The smallest absolute Gasteiger partial charge is 0.238 e. The summed E-state index contributed by atoms with van der Waals surface area (Å²) in [6, 6.07) is 116. The lowest BCUT2D eigenvalue weighted by molar-refractivity contribution is 0.660. The second-order valence-electron chi connectivity index (χ2n) is 33.9. The Morgan fingerprint density at radius 1 is 0.197 bits per heavy atom. The van der Waals surface area contributed by atoms with Crippen molar-refractivity contribution < 1.29 is 0 Å². The predicted molar refractivity (Wildman–Crippen MR) is 541 cm³/mol. The number of benzene rings is 16. The summed E-state index contributed by atoms with van der Waals surface area (Å²) in [4.78, 5) is 31.4. The zero-order valence-electron chi connectivity index (χ0n) is 72.5. The fraction of sp³-hybridized carbons (Fsp3) is 0.0484. The summed E-state index contributed by atoms with van der Waals surface area (Å²) in [7, 11) is 0. The second kappa shape index (κ2) is 32.6. The highest BCUT2D eigenvalue weighted by Crippen LogP contribution is 2.54. The molecule has 8 heteroatoms. The van der Waals surface area contributed by atoms with Gasteiger partial charge >= 0.3 is 0 Å². The predicted octanol–water partition coefficient (Wildman–Crippen LogP) is 27.1. The standard InChI is InChI=1S/2C62H38N4/c1-7-39-23-19-29-47(45(39)9-3)49-34-33-43(36-52(49)48-30-20-24-40(8-2)46(48)10-4)42-25-18-26-44(35-42)60-63-59(41-21-12-11-13-22-41)64-61(65-60)66-57-32-17-15-28-51(57)54-37-53-50-27-14-16-31-55(50)62(5,6)56(53)38-58(54)66;1-7-39-22-18-26-47(45(39)9-3)49-35-34-44(36-52(49)48-27-19-23-40(8-2)46(48)10-4)41-30-32-43(33-31-41)60-63-59(42-20-12-11-13-21-42)64-61(65-60)66-57-29-17-15-25-51(57)54-37-53-50-24-14-16-28-55(50)62(5,6)56(53)38-58(54)66/h2*1-4,11-38H,5-6H3. The topological polar surface area (TPSA) is 87.2 Å². The van der Waals surface area contributed by atoms with Gasteiger partial charge in [-0.1, -0.05) is 336 Å². The number of fused-ring (bicyclic) bond motifs is 12. The van der Waals surface area contributed by atoms with Crippen molar-refractivity contribution in [3.8, 4) is 245 Å². The van der Waals surface area contributed by atoms with E-state index in [0.29, 0.717) is 79.7 Å². The van der Waals surface area contributed by atoms with E-state index in [2.05, 4.69) is 278 Å². The molecule has 22 rings (SSSR count). The molecule has 20 aromatic rings. The Bertz CT molecular complexity index is 8670. The van der Waals surface area contributed by atoms with Crippen LogP contribution in [0.15, 0.2) is 340 Å². The zero-order valence-corrected chi connectivity index (χ0v) is 72.5. The lowest BCUT2D eigenvalue weighted by atomic mass is 9.82. The summed E-state index contributed by atoms with van der Waals surface area (Å²) < 4.78 is 4.40. The van der Waals surface area contributed by atoms with Crippen molar-refractivity contribution in [2.45, 2.75) is 38.5 Å². The van der Waals surface area contributed by atoms with Crippen molar-refractivity contribution in [1.29, 1.82) is 0 Å². The van der Waals surface area contributed by atoms with Gasteiger partial charge < -0.3 is 0 Å². The molecule has 8 nitrogen and oxygen atoms in total. The van der Waals surface area contributed by atoms with Gasteiger partial charge in [0.25, 0.3) is 0 Å². The van der Waals surface area contributed by atoms with Crippen LogP contribution in [-0.2, 0) is 10.8 Å². The molecular formula is C124H76N8. The van der Waals surface area contributed by atoms with Crippen molar-refractivity contribution in [2.75, 3.05) is 0 Å². The molecule has 2 aliphatic rings. The maximum Gasteiger partial charge on any atom is 0.238 e. The Labute approximate surface area is 767 Å². The van der Waals surface area contributed by atoms with Crippen LogP contribution in [0.1, 0.15) is 94.5 Å². The van der Waals surface area contributed by atoms with Crippen LogP contribution in [0.5, 0.6) is 0 Å². The summed E-state index contributed by atoms with van der Waals surface area (Å²) in [5, 5.41) is 4.55. The molecule has 0 atom stereocenters. The van der Waals surface area contributed by atoms with Crippen molar-refractivity contribution in [3.05, 3.63) is 406 Å². The number of aromatic nitrogens is 8. The first kappa shape index (κ1) is 80.7. The minimum absolute atomic E-state index is 0.184. The van der Waals surface area contributed by atoms with Gasteiger partial charge in [-0.25, -0.2) is 9.97 Å². The van der Waals surface area contributed by atoms with E-state index >= 15 is 0 Å². The van der Waals surface area contributed by atoms with Crippen molar-refractivity contribution >= 4 is 43.6 Å². The number of terminal acetylenes is 8. The molecule has 612 valence electrons. The number of nitrogens with zero attached hydrogens (tertiary/aromatic N) is 8. The Morgan fingerprint density at radius 3 is 0.902 bits per heavy atom. The number of hydrogen-bond acceptors (Lipinski definition) is 6. The first-order valence-corrected chi connectivity index (χ1v) is 43.4. The lowest BCUT2D eigenvalue weighted by Gasteiger charge is -2.21. The average molecular weight is 1680 g/mol.